The lowest BCUT2D eigenvalue weighted by Crippen LogP contribution is -2.38. The number of carbonyl (C=O) groups is 1. The Morgan fingerprint density at radius 1 is 1.36 bits per heavy atom. The maximum absolute atomic E-state index is 14.9. The lowest BCUT2D eigenvalue weighted by molar-refractivity contribution is 0.0694. The SMILES string of the molecule is Cc1c(N2CCCC2N)c(F)cn2c(=O)c(C(=O)O)cc(C3CC3)c12. The summed E-state index contributed by atoms with van der Waals surface area (Å²) in [6, 6.07) is 1.47. The van der Waals surface area contributed by atoms with E-state index in [1.165, 1.54) is 6.07 Å². The molecule has 2 aromatic heterocycles. The fourth-order valence-corrected chi connectivity index (χ4v) is 3.92. The molecule has 1 aliphatic carbocycles. The van der Waals surface area contributed by atoms with Gasteiger partial charge in [0.15, 0.2) is 5.82 Å². The van der Waals surface area contributed by atoms with E-state index < -0.39 is 17.3 Å². The highest BCUT2D eigenvalue weighted by molar-refractivity contribution is 5.89. The molecule has 7 heteroatoms. The predicted octanol–water partition coefficient (Wildman–Crippen LogP) is 2.21. The van der Waals surface area contributed by atoms with Crippen molar-refractivity contribution in [2.75, 3.05) is 11.4 Å². The van der Waals surface area contributed by atoms with E-state index in [9.17, 15) is 19.1 Å². The zero-order valence-corrected chi connectivity index (χ0v) is 14.0. The second-order valence-electron chi connectivity index (χ2n) is 6.97. The Labute approximate surface area is 143 Å². The number of aromatic carboxylic acids is 1. The molecule has 6 nitrogen and oxygen atoms in total. The third kappa shape index (κ3) is 2.41. The number of carboxylic acid groups (broad SMARTS) is 1. The van der Waals surface area contributed by atoms with E-state index in [1.807, 2.05) is 4.90 Å². The lowest BCUT2D eigenvalue weighted by atomic mass is 10.0. The summed E-state index contributed by atoms with van der Waals surface area (Å²) in [5, 5.41) is 9.32. The number of halogens is 1. The minimum absolute atomic E-state index is 0.220. The van der Waals surface area contributed by atoms with E-state index in [1.54, 1.807) is 6.92 Å². The molecule has 1 unspecified atom stereocenters. The van der Waals surface area contributed by atoms with Crippen molar-refractivity contribution in [2.24, 2.45) is 5.73 Å². The van der Waals surface area contributed by atoms with Gasteiger partial charge in [0.1, 0.15) is 5.56 Å². The van der Waals surface area contributed by atoms with Crippen molar-refractivity contribution in [3.63, 3.8) is 0 Å². The number of pyridine rings is 2. The van der Waals surface area contributed by atoms with Gasteiger partial charge >= 0.3 is 5.97 Å². The van der Waals surface area contributed by atoms with E-state index >= 15 is 0 Å². The van der Waals surface area contributed by atoms with E-state index in [0.29, 0.717) is 23.3 Å². The number of nitrogens with zero attached hydrogens (tertiary/aromatic N) is 2. The number of anilines is 1. The van der Waals surface area contributed by atoms with Gasteiger partial charge in [-0.1, -0.05) is 0 Å². The minimum atomic E-state index is -1.29. The van der Waals surface area contributed by atoms with Crippen LogP contribution in [0.3, 0.4) is 0 Å². The summed E-state index contributed by atoms with van der Waals surface area (Å²) in [5.41, 5.74) is 7.59. The van der Waals surface area contributed by atoms with Crippen molar-refractivity contribution in [2.45, 2.75) is 44.7 Å². The summed E-state index contributed by atoms with van der Waals surface area (Å²) >= 11 is 0. The standard InChI is InChI=1S/C18H20FN3O3/c1-9-15-11(10-4-5-10)7-12(18(24)25)17(23)22(15)8-13(19)16(9)21-6-2-3-14(21)20/h7-8,10,14H,2-6,20H2,1H3,(H,24,25). The Bertz CT molecular complexity index is 949. The van der Waals surface area contributed by atoms with Crippen LogP contribution in [-0.2, 0) is 0 Å². The molecule has 25 heavy (non-hydrogen) atoms. The molecule has 2 fully saturated rings. The first-order valence-corrected chi connectivity index (χ1v) is 8.54. The maximum Gasteiger partial charge on any atom is 0.341 e. The number of carboxylic acids is 1. The molecule has 1 saturated heterocycles. The normalized spacial score (nSPS) is 20.4. The van der Waals surface area contributed by atoms with Gasteiger partial charge in [-0.25, -0.2) is 9.18 Å². The number of aromatic nitrogens is 1. The summed E-state index contributed by atoms with van der Waals surface area (Å²) in [6.45, 7) is 2.45. The molecule has 2 aliphatic rings. The van der Waals surface area contributed by atoms with E-state index in [-0.39, 0.29) is 17.6 Å². The number of fused-ring (bicyclic) bond motifs is 1. The Morgan fingerprint density at radius 2 is 2.08 bits per heavy atom. The maximum atomic E-state index is 14.9. The Morgan fingerprint density at radius 3 is 2.64 bits per heavy atom. The predicted molar refractivity (Wildman–Crippen MR) is 91.9 cm³/mol. The Balaban J connectivity index is 2.06. The molecule has 0 radical (unpaired) electrons. The smallest absolute Gasteiger partial charge is 0.341 e. The van der Waals surface area contributed by atoms with Gasteiger partial charge in [0.25, 0.3) is 5.56 Å². The number of nitrogens with two attached hydrogens (primary N) is 1. The third-order valence-corrected chi connectivity index (χ3v) is 5.28. The highest BCUT2D eigenvalue weighted by atomic mass is 19.1. The van der Waals surface area contributed by atoms with Gasteiger partial charge in [-0.15, -0.1) is 0 Å². The van der Waals surface area contributed by atoms with Crippen LogP contribution in [0.1, 0.15) is 53.1 Å². The average molecular weight is 345 g/mol. The largest absolute Gasteiger partial charge is 0.477 e. The molecule has 1 atom stereocenters. The zero-order valence-electron chi connectivity index (χ0n) is 14.0. The fraction of sp³-hybridized carbons (Fsp3) is 0.444. The van der Waals surface area contributed by atoms with Gasteiger partial charge in [-0.3, -0.25) is 9.20 Å². The van der Waals surface area contributed by atoms with Gasteiger partial charge in [0, 0.05) is 6.54 Å². The molecule has 1 aliphatic heterocycles. The van der Waals surface area contributed by atoms with Crippen molar-refractivity contribution < 1.29 is 14.3 Å². The molecule has 132 valence electrons. The molecule has 0 amide bonds. The van der Waals surface area contributed by atoms with Gasteiger partial charge in [0.05, 0.1) is 23.6 Å². The summed E-state index contributed by atoms with van der Waals surface area (Å²) in [7, 11) is 0. The minimum Gasteiger partial charge on any atom is -0.477 e. The molecule has 0 bridgehead atoms. The van der Waals surface area contributed by atoms with Crippen LogP contribution in [0.15, 0.2) is 17.1 Å². The Hall–Kier alpha value is -2.41. The second kappa shape index (κ2) is 5.56. The van der Waals surface area contributed by atoms with Crippen LogP contribution < -0.4 is 16.2 Å². The number of hydrogen-bond donors (Lipinski definition) is 2. The number of hydrogen-bond acceptors (Lipinski definition) is 4. The molecule has 0 aromatic carbocycles. The summed E-state index contributed by atoms with van der Waals surface area (Å²) in [6.07, 6.45) is 4.45. The first-order chi connectivity index (χ1) is 11.9. The second-order valence-corrected chi connectivity index (χ2v) is 6.97. The van der Waals surface area contributed by atoms with Crippen molar-refractivity contribution >= 4 is 17.2 Å². The van der Waals surface area contributed by atoms with Crippen molar-refractivity contribution in [3.05, 3.63) is 45.1 Å². The van der Waals surface area contributed by atoms with Gasteiger partial charge in [0.2, 0.25) is 0 Å². The third-order valence-electron chi connectivity index (χ3n) is 5.28. The molecule has 4 rings (SSSR count). The van der Waals surface area contributed by atoms with E-state index in [4.69, 9.17) is 5.73 Å². The van der Waals surface area contributed by atoms with Crippen LogP contribution in [0.2, 0.25) is 0 Å². The van der Waals surface area contributed by atoms with Gasteiger partial charge < -0.3 is 15.7 Å². The van der Waals surface area contributed by atoms with Crippen LogP contribution in [0.25, 0.3) is 5.52 Å². The van der Waals surface area contributed by atoms with Crippen LogP contribution >= 0.6 is 0 Å². The van der Waals surface area contributed by atoms with Crippen LogP contribution in [0.5, 0.6) is 0 Å². The monoisotopic (exact) mass is 345 g/mol. The van der Waals surface area contributed by atoms with Crippen LogP contribution in [-0.4, -0.2) is 28.2 Å². The van der Waals surface area contributed by atoms with E-state index in [0.717, 1.165) is 41.8 Å². The summed E-state index contributed by atoms with van der Waals surface area (Å²) < 4.78 is 16.0. The summed E-state index contributed by atoms with van der Waals surface area (Å²) in [5.74, 6) is -1.61. The highest BCUT2D eigenvalue weighted by Crippen LogP contribution is 2.44. The van der Waals surface area contributed by atoms with Crippen LogP contribution in [0, 0.1) is 12.7 Å². The summed E-state index contributed by atoms with van der Waals surface area (Å²) in [4.78, 5) is 25.8. The number of aryl methyl sites for hydroxylation is 1. The molecule has 3 heterocycles. The molecule has 0 spiro atoms. The fourth-order valence-electron chi connectivity index (χ4n) is 3.92. The molecule has 2 aromatic rings. The number of rotatable bonds is 3. The quantitative estimate of drug-likeness (QED) is 0.890. The zero-order chi connectivity index (χ0) is 17.9. The Kier molecular flexibility index (Phi) is 3.57. The average Bonchev–Trinajstić information content (AvgIpc) is 3.31. The molecular weight excluding hydrogens is 325 g/mol. The van der Waals surface area contributed by atoms with Crippen LogP contribution in [0.4, 0.5) is 10.1 Å². The van der Waals surface area contributed by atoms with Crippen molar-refractivity contribution in [1.29, 1.82) is 0 Å². The molecule has 1 saturated carbocycles. The van der Waals surface area contributed by atoms with Crippen molar-refractivity contribution in [3.8, 4) is 0 Å². The lowest BCUT2D eigenvalue weighted by Gasteiger charge is -2.27. The molecule has 3 N–H and O–H groups in total. The van der Waals surface area contributed by atoms with Gasteiger partial charge in [-0.05, 0) is 55.7 Å². The topological polar surface area (TPSA) is 88.0 Å². The van der Waals surface area contributed by atoms with E-state index in [2.05, 4.69) is 0 Å². The molecular formula is C18H20FN3O3. The highest BCUT2D eigenvalue weighted by Gasteiger charge is 2.32. The first kappa shape index (κ1) is 16.1. The van der Waals surface area contributed by atoms with Crippen molar-refractivity contribution in [1.82, 2.24) is 4.40 Å². The first-order valence-electron chi connectivity index (χ1n) is 8.54. The van der Waals surface area contributed by atoms with Gasteiger partial charge in [-0.2, -0.15) is 0 Å².